The van der Waals surface area contributed by atoms with Gasteiger partial charge in [-0.05, 0) is 57.1 Å². The maximum Gasteiger partial charge on any atom is 0.123 e. The molecule has 1 aromatic carbocycles. The van der Waals surface area contributed by atoms with Crippen LogP contribution in [0.4, 0.5) is 0 Å². The molecule has 106 valence electrons. The Morgan fingerprint density at radius 2 is 1.95 bits per heavy atom. The van der Waals surface area contributed by atoms with Gasteiger partial charge < -0.3 is 20.1 Å². The Balaban J connectivity index is 2.29. The summed E-state index contributed by atoms with van der Waals surface area (Å²) in [4.78, 5) is 0. The molecule has 4 nitrogen and oxygen atoms in total. The molecule has 1 fully saturated rings. The van der Waals surface area contributed by atoms with E-state index in [4.69, 9.17) is 9.47 Å². The molecule has 1 atom stereocenters. The molecule has 1 aromatic rings. The molecule has 2 N–H and O–H groups in total. The SMILES string of the molecule is CNC(c1cc(OC)ccc1OC)C1CCNCC1. The number of nitrogens with one attached hydrogen (secondary N) is 2. The lowest BCUT2D eigenvalue weighted by molar-refractivity contribution is 0.285. The van der Waals surface area contributed by atoms with Crippen molar-refractivity contribution in [1.82, 2.24) is 10.6 Å². The predicted molar refractivity (Wildman–Crippen MR) is 76.9 cm³/mol. The van der Waals surface area contributed by atoms with Gasteiger partial charge in [-0.1, -0.05) is 0 Å². The third kappa shape index (κ3) is 3.19. The van der Waals surface area contributed by atoms with E-state index in [0.29, 0.717) is 12.0 Å². The molecule has 1 aliphatic heterocycles. The molecular weight excluding hydrogens is 240 g/mol. The van der Waals surface area contributed by atoms with Crippen molar-refractivity contribution >= 4 is 0 Å². The summed E-state index contributed by atoms with van der Waals surface area (Å²) in [5.41, 5.74) is 1.19. The second-order valence-corrected chi connectivity index (χ2v) is 4.96. The summed E-state index contributed by atoms with van der Waals surface area (Å²) in [6.07, 6.45) is 2.37. The van der Waals surface area contributed by atoms with E-state index in [1.54, 1.807) is 14.2 Å². The van der Waals surface area contributed by atoms with Gasteiger partial charge in [0.15, 0.2) is 0 Å². The molecule has 2 rings (SSSR count). The van der Waals surface area contributed by atoms with Crippen LogP contribution >= 0.6 is 0 Å². The fourth-order valence-electron chi connectivity index (χ4n) is 2.91. The Hall–Kier alpha value is -1.26. The molecule has 0 saturated carbocycles. The van der Waals surface area contributed by atoms with Crippen LogP contribution < -0.4 is 20.1 Å². The molecule has 0 aliphatic carbocycles. The van der Waals surface area contributed by atoms with Crippen LogP contribution in [0.2, 0.25) is 0 Å². The van der Waals surface area contributed by atoms with Gasteiger partial charge in [0.1, 0.15) is 11.5 Å². The number of hydrogen-bond acceptors (Lipinski definition) is 4. The largest absolute Gasteiger partial charge is 0.497 e. The molecule has 1 saturated heterocycles. The first-order valence-corrected chi connectivity index (χ1v) is 6.90. The van der Waals surface area contributed by atoms with Crippen LogP contribution in [0.5, 0.6) is 11.5 Å². The summed E-state index contributed by atoms with van der Waals surface area (Å²) in [7, 11) is 5.44. The van der Waals surface area contributed by atoms with Crippen LogP contribution in [0, 0.1) is 5.92 Å². The van der Waals surface area contributed by atoms with E-state index in [9.17, 15) is 0 Å². The first kappa shape index (κ1) is 14.2. The Labute approximate surface area is 115 Å². The Kier molecular flexibility index (Phi) is 5.05. The zero-order valence-corrected chi connectivity index (χ0v) is 12.0. The van der Waals surface area contributed by atoms with E-state index in [-0.39, 0.29) is 0 Å². The average molecular weight is 264 g/mol. The fraction of sp³-hybridized carbons (Fsp3) is 0.600. The van der Waals surface area contributed by atoms with Gasteiger partial charge in [-0.15, -0.1) is 0 Å². The smallest absolute Gasteiger partial charge is 0.123 e. The minimum atomic E-state index is 0.312. The van der Waals surface area contributed by atoms with Crippen LogP contribution in [-0.4, -0.2) is 34.4 Å². The third-order valence-corrected chi connectivity index (χ3v) is 3.94. The number of benzene rings is 1. The molecule has 0 bridgehead atoms. The van der Waals surface area contributed by atoms with Crippen molar-refractivity contribution in [2.45, 2.75) is 18.9 Å². The Bertz CT molecular complexity index is 403. The maximum absolute atomic E-state index is 5.51. The van der Waals surface area contributed by atoms with E-state index < -0.39 is 0 Å². The third-order valence-electron chi connectivity index (χ3n) is 3.94. The second kappa shape index (κ2) is 6.78. The average Bonchev–Trinajstić information content (AvgIpc) is 2.49. The molecule has 0 spiro atoms. The van der Waals surface area contributed by atoms with Crippen molar-refractivity contribution in [1.29, 1.82) is 0 Å². The second-order valence-electron chi connectivity index (χ2n) is 4.96. The molecule has 1 heterocycles. The van der Waals surface area contributed by atoms with Crippen LogP contribution in [0.1, 0.15) is 24.4 Å². The van der Waals surface area contributed by atoms with Gasteiger partial charge in [-0.3, -0.25) is 0 Å². The monoisotopic (exact) mass is 264 g/mol. The summed E-state index contributed by atoms with van der Waals surface area (Å²) in [5, 5.41) is 6.86. The Morgan fingerprint density at radius 1 is 1.21 bits per heavy atom. The van der Waals surface area contributed by atoms with Crippen LogP contribution in [0.3, 0.4) is 0 Å². The van der Waals surface area contributed by atoms with E-state index in [1.165, 1.54) is 18.4 Å². The number of piperidine rings is 1. The maximum atomic E-state index is 5.51. The van der Waals surface area contributed by atoms with Crippen LogP contribution in [0.25, 0.3) is 0 Å². The van der Waals surface area contributed by atoms with E-state index in [1.807, 2.05) is 19.2 Å². The molecule has 1 unspecified atom stereocenters. The van der Waals surface area contributed by atoms with Crippen molar-refractivity contribution in [3.05, 3.63) is 23.8 Å². The summed E-state index contributed by atoms with van der Waals surface area (Å²) in [6.45, 7) is 2.18. The minimum absolute atomic E-state index is 0.312. The summed E-state index contributed by atoms with van der Waals surface area (Å²) in [5.74, 6) is 2.44. The highest BCUT2D eigenvalue weighted by molar-refractivity contribution is 5.42. The summed E-state index contributed by atoms with van der Waals surface area (Å²) in [6, 6.07) is 6.33. The van der Waals surface area contributed by atoms with E-state index in [0.717, 1.165) is 24.6 Å². The molecule has 0 radical (unpaired) electrons. The highest BCUT2D eigenvalue weighted by atomic mass is 16.5. The van der Waals surface area contributed by atoms with Gasteiger partial charge in [0.2, 0.25) is 0 Å². The number of methoxy groups -OCH3 is 2. The zero-order valence-electron chi connectivity index (χ0n) is 12.0. The first-order valence-electron chi connectivity index (χ1n) is 6.90. The lowest BCUT2D eigenvalue weighted by Crippen LogP contribution is -2.35. The number of hydrogen-bond donors (Lipinski definition) is 2. The molecule has 19 heavy (non-hydrogen) atoms. The van der Waals surface area contributed by atoms with Crippen molar-refractivity contribution < 1.29 is 9.47 Å². The van der Waals surface area contributed by atoms with Crippen molar-refractivity contribution in [2.75, 3.05) is 34.4 Å². The molecule has 0 amide bonds. The van der Waals surface area contributed by atoms with Crippen molar-refractivity contribution in [2.24, 2.45) is 5.92 Å². The highest BCUT2D eigenvalue weighted by Gasteiger charge is 2.26. The van der Waals surface area contributed by atoms with Crippen molar-refractivity contribution in [3.63, 3.8) is 0 Å². The normalized spacial score (nSPS) is 18.1. The quantitative estimate of drug-likeness (QED) is 0.853. The van der Waals surface area contributed by atoms with Crippen LogP contribution in [-0.2, 0) is 0 Å². The van der Waals surface area contributed by atoms with E-state index in [2.05, 4.69) is 16.7 Å². The minimum Gasteiger partial charge on any atom is -0.497 e. The van der Waals surface area contributed by atoms with Gasteiger partial charge in [-0.2, -0.15) is 0 Å². The van der Waals surface area contributed by atoms with E-state index >= 15 is 0 Å². The lowest BCUT2D eigenvalue weighted by Gasteiger charge is -2.31. The van der Waals surface area contributed by atoms with Gasteiger partial charge in [-0.25, -0.2) is 0 Å². The Morgan fingerprint density at radius 3 is 2.53 bits per heavy atom. The molecular formula is C15H24N2O2. The van der Waals surface area contributed by atoms with Gasteiger partial charge in [0.05, 0.1) is 14.2 Å². The lowest BCUT2D eigenvalue weighted by atomic mass is 9.85. The summed E-state index contributed by atoms with van der Waals surface area (Å²) < 4.78 is 10.8. The zero-order chi connectivity index (χ0) is 13.7. The summed E-state index contributed by atoms with van der Waals surface area (Å²) >= 11 is 0. The van der Waals surface area contributed by atoms with Gasteiger partial charge in [0, 0.05) is 11.6 Å². The molecule has 4 heteroatoms. The fourth-order valence-corrected chi connectivity index (χ4v) is 2.91. The van der Waals surface area contributed by atoms with Crippen LogP contribution in [0.15, 0.2) is 18.2 Å². The molecule has 1 aliphatic rings. The molecule has 0 aromatic heterocycles. The number of rotatable bonds is 5. The van der Waals surface area contributed by atoms with Gasteiger partial charge >= 0.3 is 0 Å². The van der Waals surface area contributed by atoms with Crippen molar-refractivity contribution in [3.8, 4) is 11.5 Å². The first-order chi connectivity index (χ1) is 9.30. The highest BCUT2D eigenvalue weighted by Crippen LogP contribution is 2.36. The standard InChI is InChI=1S/C15H24N2O2/c1-16-15(11-6-8-17-9-7-11)13-10-12(18-2)4-5-14(13)19-3/h4-5,10-11,15-17H,6-9H2,1-3H3. The predicted octanol–water partition coefficient (Wildman–Crippen LogP) is 1.96. The topological polar surface area (TPSA) is 42.5 Å². The number of ether oxygens (including phenoxy) is 2. The van der Waals surface area contributed by atoms with Gasteiger partial charge in [0.25, 0.3) is 0 Å².